The lowest BCUT2D eigenvalue weighted by Crippen LogP contribution is -2.44. The fraction of sp³-hybridized carbons (Fsp3) is 0.500. The van der Waals surface area contributed by atoms with Gasteiger partial charge in [0.05, 0.1) is 22.0 Å². The first-order valence-electron chi connectivity index (χ1n) is 4.83. The molecule has 0 aliphatic heterocycles. The van der Waals surface area contributed by atoms with E-state index in [1.165, 1.54) is 0 Å². The highest BCUT2D eigenvalue weighted by Crippen LogP contribution is 2.16. The van der Waals surface area contributed by atoms with Crippen LogP contribution in [-0.4, -0.2) is 15.9 Å². The van der Waals surface area contributed by atoms with Crippen LogP contribution in [0, 0.1) is 12.3 Å². The van der Waals surface area contributed by atoms with Crippen LogP contribution >= 0.6 is 23.6 Å². The van der Waals surface area contributed by atoms with E-state index < -0.39 is 5.41 Å². The van der Waals surface area contributed by atoms with Gasteiger partial charge < -0.3 is 11.1 Å². The first kappa shape index (κ1) is 13.1. The number of rotatable bonds is 4. The number of nitrogens with zero attached hydrogens (tertiary/aromatic N) is 1. The molecule has 0 saturated carbocycles. The maximum Gasteiger partial charge on any atom is 0.232 e. The highest BCUT2D eigenvalue weighted by Gasteiger charge is 2.30. The summed E-state index contributed by atoms with van der Waals surface area (Å²) >= 11 is 6.41. The fourth-order valence-electron chi connectivity index (χ4n) is 0.987. The molecule has 3 N–H and O–H groups in total. The van der Waals surface area contributed by atoms with Crippen molar-refractivity contribution >= 4 is 34.5 Å². The van der Waals surface area contributed by atoms with Gasteiger partial charge in [-0.1, -0.05) is 12.2 Å². The lowest BCUT2D eigenvalue weighted by Gasteiger charge is -2.21. The van der Waals surface area contributed by atoms with Crippen LogP contribution < -0.4 is 11.1 Å². The molecule has 0 aliphatic carbocycles. The second kappa shape index (κ2) is 4.88. The van der Waals surface area contributed by atoms with E-state index in [9.17, 15) is 4.79 Å². The van der Waals surface area contributed by atoms with Gasteiger partial charge >= 0.3 is 0 Å². The third-order valence-electron chi connectivity index (χ3n) is 2.28. The van der Waals surface area contributed by atoms with Crippen LogP contribution in [0.1, 0.15) is 23.7 Å². The molecule has 0 radical (unpaired) electrons. The molecule has 1 amide bonds. The van der Waals surface area contributed by atoms with E-state index in [0.717, 1.165) is 9.88 Å². The Bertz CT molecular complexity index is 412. The smallest absolute Gasteiger partial charge is 0.232 e. The van der Waals surface area contributed by atoms with Gasteiger partial charge in [0.2, 0.25) is 5.91 Å². The molecular weight excluding hydrogens is 242 g/mol. The molecule has 1 heterocycles. The minimum atomic E-state index is -0.810. The molecule has 0 unspecified atom stereocenters. The molecule has 1 rings (SSSR count). The number of hydrogen-bond acceptors (Lipinski definition) is 4. The zero-order valence-electron chi connectivity index (χ0n) is 9.53. The maximum atomic E-state index is 11.8. The summed E-state index contributed by atoms with van der Waals surface area (Å²) in [6, 6.07) is 0. The van der Waals surface area contributed by atoms with Crippen molar-refractivity contribution < 1.29 is 4.79 Å². The highest BCUT2D eigenvalue weighted by atomic mass is 32.1. The van der Waals surface area contributed by atoms with Gasteiger partial charge in [-0.3, -0.25) is 4.79 Å². The van der Waals surface area contributed by atoms with Gasteiger partial charge in [0.25, 0.3) is 0 Å². The molecular formula is C10H15N3OS2. The van der Waals surface area contributed by atoms with E-state index in [1.54, 1.807) is 31.4 Å². The van der Waals surface area contributed by atoms with E-state index in [4.69, 9.17) is 18.0 Å². The van der Waals surface area contributed by atoms with Gasteiger partial charge in [0.1, 0.15) is 0 Å². The van der Waals surface area contributed by atoms with Crippen LogP contribution in [0.2, 0.25) is 0 Å². The monoisotopic (exact) mass is 257 g/mol. The number of aromatic nitrogens is 1. The third kappa shape index (κ3) is 2.99. The summed E-state index contributed by atoms with van der Waals surface area (Å²) in [6.07, 6.45) is 1.76. The lowest BCUT2D eigenvalue weighted by atomic mass is 9.92. The van der Waals surface area contributed by atoms with Crippen molar-refractivity contribution in [3.05, 3.63) is 16.1 Å². The number of thiocarbonyl (C=S) groups is 1. The molecule has 16 heavy (non-hydrogen) atoms. The Balaban J connectivity index is 2.56. The highest BCUT2D eigenvalue weighted by molar-refractivity contribution is 7.80. The quantitative estimate of drug-likeness (QED) is 0.800. The Hall–Kier alpha value is -1.01. The molecule has 0 saturated heterocycles. The second-order valence-corrected chi connectivity index (χ2v) is 5.78. The Kier molecular flexibility index (Phi) is 3.98. The van der Waals surface area contributed by atoms with Gasteiger partial charge in [-0.15, -0.1) is 11.3 Å². The summed E-state index contributed by atoms with van der Waals surface area (Å²) in [5.74, 6) is -0.161. The van der Waals surface area contributed by atoms with Crippen LogP contribution in [0.25, 0.3) is 0 Å². The maximum absolute atomic E-state index is 11.8. The largest absolute Gasteiger partial charge is 0.392 e. The van der Waals surface area contributed by atoms with Crippen molar-refractivity contribution in [3.63, 3.8) is 0 Å². The number of nitrogens with two attached hydrogens (primary N) is 1. The average molecular weight is 257 g/mol. The predicted molar refractivity (Wildman–Crippen MR) is 69.3 cm³/mol. The number of carbonyl (C=O) groups excluding carboxylic acids is 1. The number of hydrogen-bond donors (Lipinski definition) is 2. The van der Waals surface area contributed by atoms with Gasteiger partial charge in [-0.2, -0.15) is 0 Å². The third-order valence-corrected chi connectivity index (χ3v) is 3.70. The van der Waals surface area contributed by atoms with Crippen molar-refractivity contribution in [2.75, 3.05) is 0 Å². The molecule has 0 spiro atoms. The number of nitrogens with one attached hydrogen (secondary N) is 1. The van der Waals surface area contributed by atoms with E-state index in [2.05, 4.69) is 10.3 Å². The molecule has 6 heteroatoms. The summed E-state index contributed by atoms with van der Waals surface area (Å²) in [5.41, 5.74) is 4.69. The number of amides is 1. The van der Waals surface area contributed by atoms with Crippen molar-refractivity contribution in [1.82, 2.24) is 10.3 Å². The van der Waals surface area contributed by atoms with Gasteiger partial charge in [0.15, 0.2) is 0 Å². The van der Waals surface area contributed by atoms with Crippen molar-refractivity contribution in [2.24, 2.45) is 11.1 Å². The van der Waals surface area contributed by atoms with Crippen LogP contribution in [0.4, 0.5) is 0 Å². The summed E-state index contributed by atoms with van der Waals surface area (Å²) in [7, 11) is 0. The SMILES string of the molecule is Cc1ncc(CNC(=O)C(C)(C)C(N)=S)s1. The van der Waals surface area contributed by atoms with E-state index in [1.807, 2.05) is 6.92 Å². The Labute approximate surface area is 104 Å². The number of aryl methyl sites for hydroxylation is 1. The number of thiazole rings is 1. The molecule has 0 bridgehead atoms. The molecule has 0 fully saturated rings. The molecule has 0 aromatic carbocycles. The standard InChI is InChI=1S/C10H15N3OS2/c1-6-12-4-7(16-6)5-13-9(14)10(2,3)8(11)15/h4H,5H2,1-3H3,(H2,11,15)(H,13,14). The number of carbonyl (C=O) groups is 1. The van der Waals surface area contributed by atoms with E-state index in [0.29, 0.717) is 6.54 Å². The van der Waals surface area contributed by atoms with Crippen LogP contribution in [0.15, 0.2) is 6.20 Å². The minimum absolute atomic E-state index is 0.161. The topological polar surface area (TPSA) is 68.0 Å². The van der Waals surface area contributed by atoms with Crippen molar-refractivity contribution in [2.45, 2.75) is 27.3 Å². The van der Waals surface area contributed by atoms with Gasteiger partial charge in [-0.25, -0.2) is 4.98 Å². The molecule has 4 nitrogen and oxygen atoms in total. The Morgan fingerprint density at radius 3 is 2.75 bits per heavy atom. The normalized spacial score (nSPS) is 11.2. The van der Waals surface area contributed by atoms with Crippen LogP contribution in [-0.2, 0) is 11.3 Å². The van der Waals surface area contributed by atoms with Crippen LogP contribution in [0.3, 0.4) is 0 Å². The second-order valence-electron chi connectivity index (χ2n) is 4.02. The summed E-state index contributed by atoms with van der Waals surface area (Å²) in [5, 5.41) is 3.78. The summed E-state index contributed by atoms with van der Waals surface area (Å²) in [4.78, 5) is 17.1. The summed E-state index contributed by atoms with van der Waals surface area (Å²) in [6.45, 7) is 5.82. The lowest BCUT2D eigenvalue weighted by molar-refractivity contribution is -0.126. The summed E-state index contributed by atoms with van der Waals surface area (Å²) < 4.78 is 0. The molecule has 1 aromatic heterocycles. The van der Waals surface area contributed by atoms with Gasteiger partial charge in [-0.05, 0) is 20.8 Å². The first-order valence-corrected chi connectivity index (χ1v) is 6.06. The minimum Gasteiger partial charge on any atom is -0.392 e. The van der Waals surface area contributed by atoms with Crippen molar-refractivity contribution in [1.29, 1.82) is 0 Å². The Morgan fingerprint density at radius 2 is 2.31 bits per heavy atom. The zero-order chi connectivity index (χ0) is 12.3. The van der Waals surface area contributed by atoms with E-state index >= 15 is 0 Å². The Morgan fingerprint density at radius 1 is 1.69 bits per heavy atom. The van der Waals surface area contributed by atoms with Crippen molar-refractivity contribution in [3.8, 4) is 0 Å². The molecule has 88 valence electrons. The average Bonchev–Trinajstić information content (AvgIpc) is 2.60. The zero-order valence-corrected chi connectivity index (χ0v) is 11.2. The molecule has 0 aliphatic rings. The first-order chi connectivity index (χ1) is 7.34. The molecule has 1 aromatic rings. The fourth-order valence-corrected chi connectivity index (χ4v) is 1.81. The van der Waals surface area contributed by atoms with Gasteiger partial charge in [0, 0.05) is 11.1 Å². The molecule has 0 atom stereocenters. The van der Waals surface area contributed by atoms with E-state index in [-0.39, 0.29) is 10.9 Å². The predicted octanol–water partition coefficient (Wildman–Crippen LogP) is 1.38. The van der Waals surface area contributed by atoms with Crippen LogP contribution in [0.5, 0.6) is 0 Å².